The number of halogens is 1. The molecule has 0 aliphatic carbocycles. The van der Waals surface area contributed by atoms with Crippen molar-refractivity contribution in [3.8, 4) is 0 Å². The van der Waals surface area contributed by atoms with Crippen molar-refractivity contribution in [2.75, 3.05) is 12.3 Å². The van der Waals surface area contributed by atoms with Crippen molar-refractivity contribution in [3.63, 3.8) is 0 Å². The molecule has 0 aromatic heterocycles. The Hall–Kier alpha value is -0.940. The first kappa shape index (κ1) is 16.1. The summed E-state index contributed by atoms with van der Waals surface area (Å²) in [4.78, 5) is 0.179. The smallest absolute Gasteiger partial charge is 0.179 e. The first-order valence-electron chi connectivity index (χ1n) is 6.58. The lowest BCUT2D eigenvalue weighted by molar-refractivity contribution is 0.426. The lowest BCUT2D eigenvalue weighted by Gasteiger charge is -2.22. The molecule has 0 saturated carbocycles. The molecule has 0 saturated heterocycles. The van der Waals surface area contributed by atoms with Gasteiger partial charge in [-0.3, -0.25) is 0 Å². The second-order valence-electron chi connectivity index (χ2n) is 5.04. The van der Waals surface area contributed by atoms with Crippen molar-refractivity contribution >= 4 is 9.84 Å². The highest BCUT2D eigenvalue weighted by Crippen LogP contribution is 2.15. The van der Waals surface area contributed by atoms with Gasteiger partial charge in [-0.05, 0) is 43.1 Å². The second kappa shape index (κ2) is 7.01. The van der Waals surface area contributed by atoms with Gasteiger partial charge in [-0.25, -0.2) is 12.8 Å². The second-order valence-corrected chi connectivity index (χ2v) is 7.07. The molecule has 1 rings (SSSR count). The van der Waals surface area contributed by atoms with Gasteiger partial charge in [0, 0.05) is 6.04 Å². The molecular weight excluding hydrogens is 265 g/mol. The van der Waals surface area contributed by atoms with Gasteiger partial charge in [-0.1, -0.05) is 20.8 Å². The van der Waals surface area contributed by atoms with Gasteiger partial charge in [-0.15, -0.1) is 0 Å². The summed E-state index contributed by atoms with van der Waals surface area (Å²) < 4.78 is 37.3. The van der Waals surface area contributed by atoms with Crippen molar-refractivity contribution in [2.45, 2.75) is 38.1 Å². The number of sulfone groups is 1. The SMILES string of the molecule is CCCNC(CS(=O)(=O)c1ccc(F)cc1)C(C)C. The van der Waals surface area contributed by atoms with Gasteiger partial charge in [0.15, 0.2) is 9.84 Å². The lowest BCUT2D eigenvalue weighted by Crippen LogP contribution is -2.40. The van der Waals surface area contributed by atoms with Crippen LogP contribution in [0.2, 0.25) is 0 Å². The van der Waals surface area contributed by atoms with E-state index in [0.717, 1.165) is 13.0 Å². The monoisotopic (exact) mass is 287 g/mol. The zero-order valence-corrected chi connectivity index (χ0v) is 12.5. The maximum Gasteiger partial charge on any atom is 0.179 e. The Kier molecular flexibility index (Phi) is 5.94. The average molecular weight is 287 g/mol. The van der Waals surface area contributed by atoms with Crippen LogP contribution in [0.1, 0.15) is 27.2 Å². The third kappa shape index (κ3) is 4.91. The highest BCUT2D eigenvalue weighted by molar-refractivity contribution is 7.91. The molecule has 3 nitrogen and oxygen atoms in total. The summed E-state index contributed by atoms with van der Waals surface area (Å²) in [7, 11) is -3.38. The molecule has 0 aliphatic rings. The van der Waals surface area contributed by atoms with Gasteiger partial charge in [0.25, 0.3) is 0 Å². The highest BCUT2D eigenvalue weighted by Gasteiger charge is 2.23. The minimum absolute atomic E-state index is 0.0380. The Morgan fingerprint density at radius 2 is 1.79 bits per heavy atom. The van der Waals surface area contributed by atoms with Crippen LogP contribution in [0, 0.1) is 11.7 Å². The zero-order valence-electron chi connectivity index (χ0n) is 11.7. The maximum absolute atomic E-state index is 12.8. The normalized spacial score (nSPS) is 13.7. The van der Waals surface area contributed by atoms with Gasteiger partial charge >= 0.3 is 0 Å². The van der Waals surface area contributed by atoms with Crippen LogP contribution in [-0.4, -0.2) is 26.8 Å². The van der Waals surface area contributed by atoms with Gasteiger partial charge in [-0.2, -0.15) is 0 Å². The van der Waals surface area contributed by atoms with Crippen LogP contribution >= 0.6 is 0 Å². The van der Waals surface area contributed by atoms with Gasteiger partial charge in [0.1, 0.15) is 5.82 Å². The summed E-state index contributed by atoms with van der Waals surface area (Å²) in [6, 6.07) is 4.91. The Labute approximate surface area is 115 Å². The maximum atomic E-state index is 12.8. The molecule has 19 heavy (non-hydrogen) atoms. The molecule has 1 aromatic rings. The van der Waals surface area contributed by atoms with Crippen molar-refractivity contribution in [1.82, 2.24) is 5.32 Å². The molecule has 1 N–H and O–H groups in total. The van der Waals surface area contributed by atoms with Crippen LogP contribution in [0.5, 0.6) is 0 Å². The number of hydrogen-bond donors (Lipinski definition) is 1. The molecule has 108 valence electrons. The highest BCUT2D eigenvalue weighted by atomic mass is 32.2. The Bertz CT molecular complexity index is 483. The number of rotatable bonds is 7. The molecule has 0 spiro atoms. The van der Waals surface area contributed by atoms with E-state index in [1.807, 2.05) is 20.8 Å². The van der Waals surface area contributed by atoms with Crippen LogP contribution in [0.4, 0.5) is 4.39 Å². The summed E-state index contributed by atoms with van der Waals surface area (Å²) in [5, 5.41) is 3.25. The summed E-state index contributed by atoms with van der Waals surface area (Å²) in [6.07, 6.45) is 0.958. The largest absolute Gasteiger partial charge is 0.313 e. The average Bonchev–Trinajstić information content (AvgIpc) is 2.34. The van der Waals surface area contributed by atoms with E-state index in [4.69, 9.17) is 0 Å². The molecule has 0 amide bonds. The van der Waals surface area contributed by atoms with Crippen LogP contribution in [-0.2, 0) is 9.84 Å². The Morgan fingerprint density at radius 3 is 2.26 bits per heavy atom. The Morgan fingerprint density at radius 1 is 1.21 bits per heavy atom. The fourth-order valence-corrected chi connectivity index (χ4v) is 3.51. The molecule has 1 unspecified atom stereocenters. The molecule has 5 heteroatoms. The third-order valence-electron chi connectivity index (χ3n) is 3.03. The number of benzene rings is 1. The molecule has 0 aliphatic heterocycles. The molecular formula is C14H22FNO2S. The standard InChI is InChI=1S/C14H22FNO2S/c1-4-9-16-14(11(2)3)10-19(17,18)13-7-5-12(15)6-8-13/h5-8,11,14,16H,4,9-10H2,1-3H3. The first-order chi connectivity index (χ1) is 8.86. The van der Waals surface area contributed by atoms with Crippen LogP contribution in [0.3, 0.4) is 0 Å². The molecule has 1 atom stereocenters. The topological polar surface area (TPSA) is 46.2 Å². The van der Waals surface area contributed by atoms with E-state index in [9.17, 15) is 12.8 Å². The first-order valence-corrected chi connectivity index (χ1v) is 8.23. The third-order valence-corrected chi connectivity index (χ3v) is 4.82. The predicted molar refractivity (Wildman–Crippen MR) is 75.4 cm³/mol. The fourth-order valence-electron chi connectivity index (χ4n) is 1.79. The molecule has 0 radical (unpaired) electrons. The van der Waals surface area contributed by atoms with Gasteiger partial charge in [0.05, 0.1) is 10.6 Å². The van der Waals surface area contributed by atoms with Crippen LogP contribution < -0.4 is 5.32 Å². The van der Waals surface area contributed by atoms with Crippen molar-refractivity contribution in [3.05, 3.63) is 30.1 Å². The summed E-state index contributed by atoms with van der Waals surface area (Å²) in [5.74, 6) is -0.165. The van der Waals surface area contributed by atoms with E-state index in [-0.39, 0.29) is 22.6 Å². The minimum Gasteiger partial charge on any atom is -0.313 e. The summed E-state index contributed by atoms with van der Waals surface area (Å²) in [5.41, 5.74) is 0. The van der Waals surface area contributed by atoms with Crippen LogP contribution in [0.15, 0.2) is 29.2 Å². The molecule has 0 heterocycles. The van der Waals surface area contributed by atoms with Gasteiger partial charge < -0.3 is 5.32 Å². The Balaban J connectivity index is 2.84. The predicted octanol–water partition coefficient (Wildman–Crippen LogP) is 2.62. The summed E-state index contributed by atoms with van der Waals surface area (Å²) >= 11 is 0. The van der Waals surface area contributed by atoms with Crippen molar-refractivity contribution in [1.29, 1.82) is 0 Å². The van der Waals surface area contributed by atoms with E-state index in [1.165, 1.54) is 24.3 Å². The molecule has 0 bridgehead atoms. The van der Waals surface area contributed by atoms with E-state index in [2.05, 4.69) is 5.32 Å². The minimum atomic E-state index is -3.38. The van der Waals surface area contributed by atoms with Crippen molar-refractivity contribution in [2.24, 2.45) is 5.92 Å². The van der Waals surface area contributed by atoms with Gasteiger partial charge in [0.2, 0.25) is 0 Å². The fraction of sp³-hybridized carbons (Fsp3) is 0.571. The van der Waals surface area contributed by atoms with E-state index in [0.29, 0.717) is 0 Å². The number of hydrogen-bond acceptors (Lipinski definition) is 3. The van der Waals surface area contributed by atoms with E-state index >= 15 is 0 Å². The van der Waals surface area contributed by atoms with E-state index < -0.39 is 15.7 Å². The van der Waals surface area contributed by atoms with E-state index in [1.54, 1.807) is 0 Å². The van der Waals surface area contributed by atoms with Crippen LogP contribution in [0.25, 0.3) is 0 Å². The zero-order chi connectivity index (χ0) is 14.5. The number of nitrogens with one attached hydrogen (secondary N) is 1. The molecule has 0 fully saturated rings. The summed E-state index contributed by atoms with van der Waals surface area (Å²) in [6.45, 7) is 6.82. The molecule has 1 aromatic carbocycles. The lowest BCUT2D eigenvalue weighted by atomic mass is 10.1. The van der Waals surface area contributed by atoms with Crippen molar-refractivity contribution < 1.29 is 12.8 Å². The quantitative estimate of drug-likeness (QED) is 0.784.